The zero-order valence-electron chi connectivity index (χ0n) is 12.3. The van der Waals surface area contributed by atoms with E-state index in [9.17, 15) is 4.79 Å². The van der Waals surface area contributed by atoms with Gasteiger partial charge in [0.2, 0.25) is 0 Å². The van der Waals surface area contributed by atoms with Crippen LogP contribution in [-0.4, -0.2) is 28.7 Å². The van der Waals surface area contributed by atoms with Crippen molar-refractivity contribution in [2.24, 2.45) is 0 Å². The van der Waals surface area contributed by atoms with Gasteiger partial charge in [0.05, 0.1) is 12.9 Å². The molecule has 0 aliphatic carbocycles. The Hall–Kier alpha value is -2.14. The van der Waals surface area contributed by atoms with Crippen LogP contribution in [0.3, 0.4) is 0 Å². The Bertz CT molecular complexity index is 535. The summed E-state index contributed by atoms with van der Waals surface area (Å²) in [6.45, 7) is 3.88. The molecule has 0 spiro atoms. The average Bonchev–Trinajstić information content (AvgIpc) is 3.02. The number of esters is 1. The zero-order valence-corrected chi connectivity index (χ0v) is 12.3. The number of aromatic nitrogens is 2. The molecule has 5 nitrogen and oxygen atoms in total. The molecule has 0 saturated heterocycles. The van der Waals surface area contributed by atoms with Crippen molar-refractivity contribution < 1.29 is 9.53 Å². The van der Waals surface area contributed by atoms with Crippen LogP contribution >= 0.6 is 0 Å². The second kappa shape index (κ2) is 8.21. The molecular formula is C16H21N3O2. The minimum Gasteiger partial charge on any atom is -0.466 e. The van der Waals surface area contributed by atoms with Gasteiger partial charge in [0, 0.05) is 31.0 Å². The maximum Gasteiger partial charge on any atom is 0.305 e. The summed E-state index contributed by atoms with van der Waals surface area (Å²) in [7, 11) is 0. The molecule has 21 heavy (non-hydrogen) atoms. The van der Waals surface area contributed by atoms with Crippen molar-refractivity contribution in [2.75, 3.05) is 13.2 Å². The third-order valence-corrected chi connectivity index (χ3v) is 3.11. The van der Waals surface area contributed by atoms with E-state index in [0.29, 0.717) is 13.0 Å². The number of ether oxygens (including phenoxy) is 1. The van der Waals surface area contributed by atoms with E-state index in [2.05, 4.69) is 34.6 Å². The molecule has 5 heteroatoms. The van der Waals surface area contributed by atoms with Crippen LogP contribution in [0.5, 0.6) is 0 Å². The van der Waals surface area contributed by atoms with E-state index in [0.717, 1.165) is 25.2 Å². The molecule has 1 heterocycles. The second-order valence-electron chi connectivity index (χ2n) is 4.72. The fourth-order valence-electron chi connectivity index (χ4n) is 2.02. The second-order valence-corrected chi connectivity index (χ2v) is 4.72. The molecule has 0 radical (unpaired) electrons. The van der Waals surface area contributed by atoms with Gasteiger partial charge in [-0.25, -0.2) is 4.98 Å². The molecule has 1 aromatic carbocycles. The molecule has 0 aliphatic heterocycles. The van der Waals surface area contributed by atoms with Crippen molar-refractivity contribution >= 4 is 5.97 Å². The average molecular weight is 287 g/mol. The molecule has 2 rings (SSSR count). The number of hydrogen-bond donors (Lipinski definition) is 1. The molecule has 0 saturated carbocycles. The predicted octanol–water partition coefficient (Wildman–Crippen LogP) is 2.31. The van der Waals surface area contributed by atoms with Gasteiger partial charge < -0.3 is 14.6 Å². The number of hydrogen-bond acceptors (Lipinski definition) is 4. The Morgan fingerprint density at radius 1 is 1.33 bits per heavy atom. The minimum absolute atomic E-state index is 0.121. The molecule has 0 unspecified atom stereocenters. The highest BCUT2D eigenvalue weighted by Gasteiger charge is 2.01. The van der Waals surface area contributed by atoms with Crippen LogP contribution in [0, 0.1) is 0 Å². The largest absolute Gasteiger partial charge is 0.466 e. The van der Waals surface area contributed by atoms with E-state index in [1.165, 1.54) is 5.56 Å². The molecular weight excluding hydrogens is 266 g/mol. The highest BCUT2D eigenvalue weighted by Crippen LogP contribution is 2.09. The van der Waals surface area contributed by atoms with Crippen LogP contribution in [0.1, 0.15) is 25.3 Å². The van der Waals surface area contributed by atoms with Crippen molar-refractivity contribution in [1.29, 1.82) is 0 Å². The van der Waals surface area contributed by atoms with Gasteiger partial charge >= 0.3 is 5.97 Å². The lowest BCUT2D eigenvalue weighted by atomic mass is 10.2. The summed E-state index contributed by atoms with van der Waals surface area (Å²) >= 11 is 0. The van der Waals surface area contributed by atoms with E-state index < -0.39 is 0 Å². The van der Waals surface area contributed by atoms with Crippen LogP contribution in [0.4, 0.5) is 0 Å². The van der Waals surface area contributed by atoms with E-state index in [1.807, 2.05) is 17.7 Å². The lowest BCUT2D eigenvalue weighted by molar-refractivity contribution is -0.143. The van der Waals surface area contributed by atoms with Gasteiger partial charge in [-0.3, -0.25) is 4.79 Å². The quantitative estimate of drug-likeness (QED) is 0.598. The van der Waals surface area contributed by atoms with Crippen molar-refractivity contribution in [3.8, 4) is 5.69 Å². The molecule has 0 atom stereocenters. The molecule has 0 aliphatic rings. The molecule has 1 N–H and O–H groups in total. The van der Waals surface area contributed by atoms with Crippen LogP contribution in [0.15, 0.2) is 43.0 Å². The monoisotopic (exact) mass is 287 g/mol. The normalized spacial score (nSPS) is 10.5. The smallest absolute Gasteiger partial charge is 0.305 e. The van der Waals surface area contributed by atoms with Gasteiger partial charge in [0.25, 0.3) is 0 Å². The van der Waals surface area contributed by atoms with Gasteiger partial charge in [-0.05, 0) is 37.6 Å². The first-order valence-corrected chi connectivity index (χ1v) is 7.23. The number of nitrogens with zero attached hydrogens (tertiary/aromatic N) is 2. The molecule has 0 bridgehead atoms. The van der Waals surface area contributed by atoms with E-state index in [1.54, 1.807) is 12.5 Å². The Balaban J connectivity index is 1.68. The first-order chi connectivity index (χ1) is 10.3. The summed E-state index contributed by atoms with van der Waals surface area (Å²) < 4.78 is 6.85. The van der Waals surface area contributed by atoms with Crippen molar-refractivity contribution in [3.05, 3.63) is 48.5 Å². The Morgan fingerprint density at radius 2 is 2.14 bits per heavy atom. The van der Waals surface area contributed by atoms with Gasteiger partial charge in [0.15, 0.2) is 0 Å². The number of benzene rings is 1. The summed E-state index contributed by atoms with van der Waals surface area (Å²) in [5.41, 5.74) is 2.31. The van der Waals surface area contributed by atoms with Crippen LogP contribution in [-0.2, 0) is 16.1 Å². The SMILES string of the molecule is CCOC(=O)CCCNCc1ccc(-n2ccnc2)cc1. The fourth-order valence-corrected chi connectivity index (χ4v) is 2.02. The fraction of sp³-hybridized carbons (Fsp3) is 0.375. The standard InChI is InChI=1S/C16H21N3O2/c1-2-21-16(20)4-3-9-17-12-14-5-7-15(8-6-14)19-11-10-18-13-19/h5-8,10-11,13,17H,2-4,9,12H2,1H3. The molecule has 0 fully saturated rings. The maximum atomic E-state index is 11.2. The van der Waals surface area contributed by atoms with E-state index in [-0.39, 0.29) is 5.97 Å². The number of rotatable bonds is 8. The van der Waals surface area contributed by atoms with Crippen molar-refractivity contribution in [2.45, 2.75) is 26.3 Å². The van der Waals surface area contributed by atoms with Gasteiger partial charge in [-0.15, -0.1) is 0 Å². The van der Waals surface area contributed by atoms with E-state index >= 15 is 0 Å². The minimum atomic E-state index is -0.121. The summed E-state index contributed by atoms with van der Waals surface area (Å²) in [5.74, 6) is -0.121. The lowest BCUT2D eigenvalue weighted by Gasteiger charge is -2.07. The maximum absolute atomic E-state index is 11.2. The summed E-state index contributed by atoms with van der Waals surface area (Å²) in [4.78, 5) is 15.2. The molecule has 2 aromatic rings. The number of nitrogens with one attached hydrogen (secondary N) is 1. The third-order valence-electron chi connectivity index (χ3n) is 3.11. The van der Waals surface area contributed by atoms with Gasteiger partial charge in [0.1, 0.15) is 0 Å². The zero-order chi connectivity index (χ0) is 14.9. The third kappa shape index (κ3) is 5.04. The van der Waals surface area contributed by atoms with Crippen molar-refractivity contribution in [3.63, 3.8) is 0 Å². The van der Waals surface area contributed by atoms with Crippen LogP contribution < -0.4 is 5.32 Å². The molecule has 1 aromatic heterocycles. The summed E-state index contributed by atoms with van der Waals surface area (Å²) in [6.07, 6.45) is 6.73. The molecule has 0 amide bonds. The first kappa shape index (κ1) is 15.3. The van der Waals surface area contributed by atoms with Crippen LogP contribution in [0.25, 0.3) is 5.69 Å². The Kier molecular flexibility index (Phi) is 5.97. The highest BCUT2D eigenvalue weighted by molar-refractivity contribution is 5.69. The predicted molar refractivity (Wildman–Crippen MR) is 81.1 cm³/mol. The van der Waals surface area contributed by atoms with Crippen LogP contribution in [0.2, 0.25) is 0 Å². The van der Waals surface area contributed by atoms with Gasteiger partial charge in [-0.1, -0.05) is 12.1 Å². The van der Waals surface area contributed by atoms with Gasteiger partial charge in [-0.2, -0.15) is 0 Å². The first-order valence-electron chi connectivity index (χ1n) is 7.23. The van der Waals surface area contributed by atoms with E-state index in [4.69, 9.17) is 4.74 Å². The summed E-state index contributed by atoms with van der Waals surface area (Å²) in [5, 5.41) is 3.33. The summed E-state index contributed by atoms with van der Waals surface area (Å²) in [6, 6.07) is 8.32. The Labute approximate surface area is 125 Å². The van der Waals surface area contributed by atoms with Crippen molar-refractivity contribution in [1.82, 2.24) is 14.9 Å². The Morgan fingerprint density at radius 3 is 2.81 bits per heavy atom. The molecule has 112 valence electrons. The number of carbonyl (C=O) groups excluding carboxylic acids is 1. The topological polar surface area (TPSA) is 56.1 Å². The lowest BCUT2D eigenvalue weighted by Crippen LogP contribution is -2.16. The number of carbonyl (C=O) groups is 1. The number of imidazole rings is 1. The highest BCUT2D eigenvalue weighted by atomic mass is 16.5.